The number of benzene rings is 1. The molecule has 1 heterocycles. The van der Waals surface area contributed by atoms with Gasteiger partial charge in [-0.05, 0) is 39.8 Å². The smallest absolute Gasteiger partial charge is 0.466 e. The average Bonchev–Trinajstić information content (AvgIpc) is 3.01. The molecule has 0 amide bonds. The van der Waals surface area contributed by atoms with E-state index in [0.29, 0.717) is 23.8 Å². The van der Waals surface area contributed by atoms with Gasteiger partial charge in [0.05, 0.1) is 25.4 Å². The summed E-state index contributed by atoms with van der Waals surface area (Å²) in [4.78, 5) is 33.0. The number of aryl methyl sites for hydroxylation is 1. The number of nitrogens with zero attached hydrogens (tertiary/aromatic N) is 3. The van der Waals surface area contributed by atoms with E-state index in [4.69, 9.17) is 18.9 Å². The molecule has 0 aliphatic carbocycles. The van der Waals surface area contributed by atoms with E-state index in [9.17, 15) is 14.4 Å². The van der Waals surface area contributed by atoms with E-state index in [-0.39, 0.29) is 30.7 Å². The molecule has 11 nitrogen and oxygen atoms in total. The Labute approximate surface area is 180 Å². The van der Waals surface area contributed by atoms with Crippen molar-refractivity contribution in [2.45, 2.75) is 34.6 Å². The molecule has 0 aliphatic heterocycles. The number of hydrogen-bond donors (Lipinski definition) is 0. The van der Waals surface area contributed by atoms with E-state index >= 15 is 0 Å². The summed E-state index contributed by atoms with van der Waals surface area (Å²) in [6, 6.07) is 4.52. The van der Waals surface area contributed by atoms with Crippen molar-refractivity contribution in [3.05, 3.63) is 24.0 Å². The molecule has 0 bridgehead atoms. The predicted octanol–water partition coefficient (Wildman–Crippen LogP) is 3.43. The average molecular weight is 437 g/mol. The zero-order chi connectivity index (χ0) is 23.4. The highest BCUT2D eigenvalue weighted by atomic mass is 16.7. The first kappa shape index (κ1) is 25.4. The molecule has 0 spiro atoms. The molecule has 1 aromatic carbocycles. The summed E-state index contributed by atoms with van der Waals surface area (Å²) in [7, 11) is 1.78. The highest BCUT2D eigenvalue weighted by Gasteiger charge is 2.18. The van der Waals surface area contributed by atoms with E-state index in [0.717, 1.165) is 0 Å². The van der Waals surface area contributed by atoms with Gasteiger partial charge in [0.25, 0.3) is 0 Å². The fraction of sp³-hybridized carbons (Fsp3) is 0.450. The molecule has 0 radical (unpaired) electrons. The zero-order valence-corrected chi connectivity index (χ0v) is 18.5. The summed E-state index contributed by atoms with van der Waals surface area (Å²) >= 11 is 0. The summed E-state index contributed by atoms with van der Waals surface area (Å²) in [5.74, 6) is 1.23. The van der Waals surface area contributed by atoms with Gasteiger partial charge in [-0.15, -0.1) is 10.2 Å². The summed E-state index contributed by atoms with van der Waals surface area (Å²) in [6.45, 7) is 9.11. The third-order valence-corrected chi connectivity index (χ3v) is 3.55. The number of rotatable bonds is 6. The first-order valence-electron chi connectivity index (χ1n) is 9.56. The first-order chi connectivity index (χ1) is 14.7. The first-order valence-corrected chi connectivity index (χ1v) is 9.56. The van der Waals surface area contributed by atoms with Crippen LogP contribution in [0.5, 0.6) is 11.5 Å². The van der Waals surface area contributed by atoms with Crippen molar-refractivity contribution in [1.82, 2.24) is 14.8 Å². The maximum absolute atomic E-state index is 11.7. The van der Waals surface area contributed by atoms with Crippen LogP contribution in [0.25, 0.3) is 11.4 Å². The Balaban J connectivity index is 0.000000703. The SMILES string of the molecule is CCOC(=O)Oc1ccc(-c2nnc(C)n2C)c(OC(=O)OCC)c1.CCOC(C)=O. The topological polar surface area (TPSA) is 128 Å². The van der Waals surface area contributed by atoms with Crippen molar-refractivity contribution >= 4 is 18.3 Å². The minimum atomic E-state index is -0.879. The van der Waals surface area contributed by atoms with Gasteiger partial charge < -0.3 is 28.3 Å². The molecule has 0 saturated heterocycles. The minimum Gasteiger partial charge on any atom is -0.466 e. The quantitative estimate of drug-likeness (QED) is 0.376. The van der Waals surface area contributed by atoms with Crippen LogP contribution < -0.4 is 9.47 Å². The Hall–Kier alpha value is -3.63. The van der Waals surface area contributed by atoms with Gasteiger partial charge in [-0.2, -0.15) is 0 Å². The van der Waals surface area contributed by atoms with Gasteiger partial charge >= 0.3 is 18.3 Å². The normalized spacial score (nSPS) is 9.74. The molecule has 170 valence electrons. The standard InChI is InChI=1S/C16H19N3O6.C4H8O2/c1-5-22-15(20)24-11-7-8-12(14-18-17-10(3)19(14)4)13(9-11)25-16(21)23-6-2;1-3-6-4(2)5/h7-9H,5-6H2,1-4H3;3H2,1-2H3. The van der Waals surface area contributed by atoms with Gasteiger partial charge in [-0.3, -0.25) is 4.79 Å². The van der Waals surface area contributed by atoms with Crippen LogP contribution in [-0.2, 0) is 26.1 Å². The molecule has 11 heteroatoms. The van der Waals surface area contributed by atoms with Crippen LogP contribution in [-0.4, -0.2) is 52.9 Å². The Morgan fingerprint density at radius 2 is 1.48 bits per heavy atom. The third kappa shape index (κ3) is 8.33. The molecular formula is C20H27N3O8. The highest BCUT2D eigenvalue weighted by molar-refractivity contribution is 5.73. The Kier molecular flexibility index (Phi) is 10.5. The lowest BCUT2D eigenvalue weighted by Gasteiger charge is -2.11. The van der Waals surface area contributed by atoms with Crippen molar-refractivity contribution < 1.29 is 38.1 Å². The van der Waals surface area contributed by atoms with Crippen molar-refractivity contribution in [2.24, 2.45) is 7.05 Å². The van der Waals surface area contributed by atoms with Gasteiger partial charge in [-0.1, -0.05) is 0 Å². The number of aromatic nitrogens is 3. The molecule has 0 fully saturated rings. The summed E-state index contributed by atoms with van der Waals surface area (Å²) in [6.07, 6.45) is -1.73. The lowest BCUT2D eigenvalue weighted by molar-refractivity contribution is -0.140. The molecule has 0 saturated carbocycles. The number of carbonyl (C=O) groups is 3. The van der Waals surface area contributed by atoms with E-state index in [2.05, 4.69) is 14.9 Å². The minimum absolute atomic E-state index is 0.121. The van der Waals surface area contributed by atoms with Crippen molar-refractivity contribution in [3.63, 3.8) is 0 Å². The summed E-state index contributed by atoms with van der Waals surface area (Å²) in [5, 5.41) is 8.05. The van der Waals surface area contributed by atoms with E-state index in [1.165, 1.54) is 19.1 Å². The molecule has 0 atom stereocenters. The van der Waals surface area contributed by atoms with Crippen molar-refractivity contribution in [3.8, 4) is 22.9 Å². The largest absolute Gasteiger partial charge is 0.513 e. The molecule has 2 rings (SSSR count). The molecule has 2 aromatic rings. The highest BCUT2D eigenvalue weighted by Crippen LogP contribution is 2.33. The van der Waals surface area contributed by atoms with Crippen LogP contribution in [0.4, 0.5) is 9.59 Å². The maximum atomic E-state index is 11.7. The Morgan fingerprint density at radius 3 is 1.94 bits per heavy atom. The lowest BCUT2D eigenvalue weighted by atomic mass is 10.1. The molecule has 31 heavy (non-hydrogen) atoms. The van der Waals surface area contributed by atoms with E-state index in [1.807, 2.05) is 0 Å². The lowest BCUT2D eigenvalue weighted by Crippen LogP contribution is -2.13. The van der Waals surface area contributed by atoms with Gasteiger partial charge in [0.15, 0.2) is 5.82 Å². The van der Waals surface area contributed by atoms with E-state index in [1.54, 1.807) is 45.4 Å². The second-order valence-corrected chi connectivity index (χ2v) is 5.78. The second kappa shape index (κ2) is 12.8. The van der Waals surface area contributed by atoms with Crippen LogP contribution in [0.3, 0.4) is 0 Å². The van der Waals surface area contributed by atoms with Gasteiger partial charge in [-0.25, -0.2) is 9.59 Å². The van der Waals surface area contributed by atoms with Crippen LogP contribution in [0.1, 0.15) is 33.5 Å². The summed E-state index contributed by atoms with van der Waals surface area (Å²) in [5.41, 5.74) is 0.493. The maximum Gasteiger partial charge on any atom is 0.513 e. The Bertz CT molecular complexity index is 895. The zero-order valence-electron chi connectivity index (χ0n) is 18.5. The molecule has 0 unspecified atom stereocenters. The number of hydrogen-bond acceptors (Lipinski definition) is 10. The number of carbonyl (C=O) groups excluding carboxylic acids is 3. The van der Waals surface area contributed by atoms with Crippen molar-refractivity contribution in [2.75, 3.05) is 19.8 Å². The molecular weight excluding hydrogens is 410 g/mol. The number of ether oxygens (including phenoxy) is 5. The van der Waals surface area contributed by atoms with Gasteiger partial charge in [0.1, 0.15) is 17.3 Å². The van der Waals surface area contributed by atoms with Crippen LogP contribution in [0, 0.1) is 6.92 Å². The van der Waals surface area contributed by atoms with Crippen molar-refractivity contribution in [1.29, 1.82) is 0 Å². The monoisotopic (exact) mass is 437 g/mol. The number of esters is 1. The molecule has 0 aliphatic rings. The fourth-order valence-electron chi connectivity index (χ4n) is 2.16. The molecule has 0 N–H and O–H groups in total. The van der Waals surface area contributed by atoms with Gasteiger partial charge in [0, 0.05) is 20.0 Å². The van der Waals surface area contributed by atoms with Crippen LogP contribution in [0.2, 0.25) is 0 Å². The Morgan fingerprint density at radius 1 is 0.903 bits per heavy atom. The van der Waals surface area contributed by atoms with Crippen LogP contribution in [0.15, 0.2) is 18.2 Å². The summed E-state index contributed by atoms with van der Waals surface area (Å²) < 4.78 is 25.9. The molecule has 1 aromatic heterocycles. The van der Waals surface area contributed by atoms with Crippen LogP contribution >= 0.6 is 0 Å². The van der Waals surface area contributed by atoms with Gasteiger partial charge in [0.2, 0.25) is 0 Å². The second-order valence-electron chi connectivity index (χ2n) is 5.78. The predicted molar refractivity (Wildman–Crippen MR) is 109 cm³/mol. The third-order valence-electron chi connectivity index (χ3n) is 3.55. The van der Waals surface area contributed by atoms with E-state index < -0.39 is 12.3 Å². The fourth-order valence-corrected chi connectivity index (χ4v) is 2.16.